The number of likely N-dealkylation sites (N-methyl/N-ethyl adjacent to an activating group) is 1. The molecule has 0 bridgehead atoms. The van der Waals surface area contributed by atoms with Gasteiger partial charge in [0.15, 0.2) is 0 Å². The summed E-state index contributed by atoms with van der Waals surface area (Å²) < 4.78 is 5.62. The molecule has 2 aromatic rings. The molecule has 2 aliphatic heterocycles. The van der Waals surface area contributed by atoms with E-state index in [0.717, 1.165) is 49.7 Å². The highest BCUT2D eigenvalue weighted by atomic mass is 16.4. The first-order chi connectivity index (χ1) is 14.1. The van der Waals surface area contributed by atoms with Crippen molar-refractivity contribution in [1.82, 2.24) is 10.6 Å². The van der Waals surface area contributed by atoms with Crippen molar-refractivity contribution in [2.24, 2.45) is 0 Å². The molecule has 4 rings (SSSR count). The zero-order chi connectivity index (χ0) is 21.0. The van der Waals surface area contributed by atoms with Gasteiger partial charge in [-0.15, -0.1) is 0 Å². The maximum Gasteiger partial charge on any atom is 0.349 e. The number of aryl methyl sites for hydroxylation is 2. The van der Waals surface area contributed by atoms with Crippen molar-refractivity contribution in [2.75, 3.05) is 31.6 Å². The topological polar surface area (TPSA) is 91.6 Å². The van der Waals surface area contributed by atoms with E-state index in [1.165, 1.54) is 11.3 Å². The van der Waals surface area contributed by atoms with Crippen LogP contribution in [0.4, 0.5) is 5.69 Å². The third-order valence-electron chi connectivity index (χ3n) is 5.48. The number of rotatable bonds is 5. The number of amides is 1. The zero-order valence-corrected chi connectivity index (χ0v) is 17.3. The first-order valence-electron chi connectivity index (χ1n) is 10.4. The van der Waals surface area contributed by atoms with E-state index in [0.29, 0.717) is 11.9 Å². The number of anilines is 1. The molecular formula is C22H29N3O4. The fourth-order valence-corrected chi connectivity index (χ4v) is 4.12. The van der Waals surface area contributed by atoms with Gasteiger partial charge < -0.3 is 24.7 Å². The number of nitrogens with one attached hydrogen (secondary N) is 2. The number of carbonyl (C=O) groups is 2. The quantitative estimate of drug-likeness (QED) is 0.591. The Kier molecular flexibility index (Phi) is 6.69. The minimum Gasteiger partial charge on any atom is -0.422 e. The van der Waals surface area contributed by atoms with Crippen LogP contribution in [0, 0.1) is 0 Å². The summed E-state index contributed by atoms with van der Waals surface area (Å²) >= 11 is 0. The molecule has 0 aliphatic carbocycles. The van der Waals surface area contributed by atoms with Crippen LogP contribution in [0.25, 0.3) is 11.0 Å². The van der Waals surface area contributed by atoms with Crippen molar-refractivity contribution >= 4 is 28.8 Å². The number of aldehydes is 1. The van der Waals surface area contributed by atoms with E-state index in [9.17, 15) is 14.4 Å². The molecule has 0 fully saturated rings. The lowest BCUT2D eigenvalue weighted by atomic mass is 9.90. The van der Waals surface area contributed by atoms with Crippen molar-refractivity contribution in [3.63, 3.8) is 0 Å². The monoisotopic (exact) mass is 399 g/mol. The van der Waals surface area contributed by atoms with Crippen molar-refractivity contribution in [3.05, 3.63) is 39.2 Å². The Hall–Kier alpha value is -2.67. The van der Waals surface area contributed by atoms with Crippen molar-refractivity contribution in [2.45, 2.75) is 45.6 Å². The van der Waals surface area contributed by atoms with Crippen LogP contribution in [0.1, 0.15) is 48.2 Å². The normalized spacial score (nSPS) is 15.8. The van der Waals surface area contributed by atoms with Gasteiger partial charge in [-0.3, -0.25) is 4.79 Å². The molecule has 1 amide bonds. The molecule has 0 saturated carbocycles. The van der Waals surface area contributed by atoms with E-state index in [2.05, 4.69) is 15.5 Å². The Morgan fingerprint density at radius 1 is 1.24 bits per heavy atom. The molecule has 3 heterocycles. The summed E-state index contributed by atoms with van der Waals surface area (Å²) in [5, 5.41) is 6.18. The summed E-state index contributed by atoms with van der Waals surface area (Å²) in [4.78, 5) is 38.1. The summed E-state index contributed by atoms with van der Waals surface area (Å²) in [5.41, 5.74) is 3.51. The molecule has 1 atom stereocenters. The molecule has 29 heavy (non-hydrogen) atoms. The lowest BCUT2D eigenvalue weighted by Gasteiger charge is -2.37. The highest BCUT2D eigenvalue weighted by Crippen LogP contribution is 2.39. The second kappa shape index (κ2) is 9.22. The third kappa shape index (κ3) is 4.05. The number of carbonyl (C=O) groups excluding carboxylic acids is 2. The third-order valence-corrected chi connectivity index (χ3v) is 5.48. The molecule has 0 saturated heterocycles. The van der Waals surface area contributed by atoms with Crippen LogP contribution < -0.4 is 21.2 Å². The molecule has 2 aliphatic rings. The van der Waals surface area contributed by atoms with Gasteiger partial charge in [0.1, 0.15) is 17.4 Å². The fraction of sp³-hybridized carbons (Fsp3) is 0.500. The molecule has 1 aromatic carbocycles. The lowest BCUT2D eigenvalue weighted by molar-refractivity contribution is -0.109. The van der Waals surface area contributed by atoms with Crippen LogP contribution in [0.3, 0.4) is 0 Å². The first kappa shape index (κ1) is 21.0. The van der Waals surface area contributed by atoms with Crippen LogP contribution >= 0.6 is 0 Å². The van der Waals surface area contributed by atoms with E-state index in [1.54, 1.807) is 13.1 Å². The molecule has 1 unspecified atom stereocenters. The van der Waals surface area contributed by atoms with Crippen LogP contribution in [-0.4, -0.2) is 44.9 Å². The van der Waals surface area contributed by atoms with E-state index < -0.39 is 17.6 Å². The van der Waals surface area contributed by atoms with Gasteiger partial charge >= 0.3 is 5.63 Å². The molecule has 2 N–H and O–H groups in total. The van der Waals surface area contributed by atoms with Gasteiger partial charge in [-0.2, -0.15) is 0 Å². The van der Waals surface area contributed by atoms with Gasteiger partial charge in [0.05, 0.1) is 6.04 Å². The maximum atomic E-state index is 12.5. The lowest BCUT2D eigenvalue weighted by Crippen LogP contribution is -2.41. The van der Waals surface area contributed by atoms with Crippen molar-refractivity contribution < 1.29 is 14.0 Å². The maximum absolute atomic E-state index is 12.5. The average molecular weight is 399 g/mol. The number of nitrogens with zero attached hydrogens (tertiary/aromatic N) is 1. The molecule has 7 nitrogen and oxygen atoms in total. The van der Waals surface area contributed by atoms with Crippen LogP contribution in [0.5, 0.6) is 0 Å². The Bertz CT molecular complexity index is 965. The Morgan fingerprint density at radius 2 is 1.97 bits per heavy atom. The molecule has 156 valence electrons. The molecule has 7 heteroatoms. The van der Waals surface area contributed by atoms with E-state index in [4.69, 9.17) is 4.42 Å². The molecule has 0 radical (unpaired) electrons. The Labute approximate surface area is 170 Å². The first-order valence-corrected chi connectivity index (χ1v) is 10.4. The van der Waals surface area contributed by atoms with Crippen LogP contribution in [0.15, 0.2) is 21.3 Å². The van der Waals surface area contributed by atoms with Crippen LogP contribution in [0.2, 0.25) is 0 Å². The summed E-state index contributed by atoms with van der Waals surface area (Å²) in [5.74, 6) is -0.527. The van der Waals surface area contributed by atoms with Gasteiger partial charge in [0.2, 0.25) is 0 Å². The van der Waals surface area contributed by atoms with E-state index in [1.807, 2.05) is 19.9 Å². The van der Waals surface area contributed by atoms with Gasteiger partial charge in [0.25, 0.3) is 5.91 Å². The summed E-state index contributed by atoms with van der Waals surface area (Å²) in [7, 11) is 1.63. The number of hydrogen-bond donors (Lipinski definition) is 2. The van der Waals surface area contributed by atoms with E-state index >= 15 is 0 Å². The molecule has 1 aromatic heterocycles. The zero-order valence-electron chi connectivity index (χ0n) is 17.3. The van der Waals surface area contributed by atoms with Crippen molar-refractivity contribution in [3.8, 4) is 0 Å². The molecular weight excluding hydrogens is 370 g/mol. The van der Waals surface area contributed by atoms with Crippen LogP contribution in [-0.2, 0) is 17.6 Å². The van der Waals surface area contributed by atoms with Gasteiger partial charge in [0, 0.05) is 36.3 Å². The van der Waals surface area contributed by atoms with Gasteiger partial charge in [-0.25, -0.2) is 4.79 Å². The number of benzene rings is 1. The predicted octanol–water partition coefficient (Wildman–Crippen LogP) is 2.03. The summed E-state index contributed by atoms with van der Waals surface area (Å²) in [6.07, 6.45) is 4.74. The second-order valence-electron chi connectivity index (χ2n) is 7.16. The highest BCUT2D eigenvalue weighted by molar-refractivity contribution is 5.98. The van der Waals surface area contributed by atoms with Gasteiger partial charge in [-0.1, -0.05) is 13.8 Å². The summed E-state index contributed by atoms with van der Waals surface area (Å²) in [6, 6.07) is 3.17. The molecule has 0 spiro atoms. The van der Waals surface area contributed by atoms with E-state index in [-0.39, 0.29) is 12.1 Å². The smallest absolute Gasteiger partial charge is 0.349 e. The number of fused-ring (bicyclic) bond motifs is 2. The SMILES string of the molecule is CC.CNC(C=O)CNC(=O)c1cc2cc3c4c(c2oc1=O)CCCN4CCC3. The van der Waals surface area contributed by atoms with Gasteiger partial charge in [-0.05, 0) is 50.4 Å². The highest BCUT2D eigenvalue weighted by Gasteiger charge is 2.27. The minimum absolute atomic E-state index is 0.0288. The Balaban J connectivity index is 0.00000117. The summed E-state index contributed by atoms with van der Waals surface area (Å²) in [6.45, 7) is 6.19. The van der Waals surface area contributed by atoms with Crippen molar-refractivity contribution in [1.29, 1.82) is 0 Å². The minimum atomic E-state index is -0.642. The largest absolute Gasteiger partial charge is 0.422 e. The predicted molar refractivity (Wildman–Crippen MR) is 114 cm³/mol. The second-order valence-corrected chi connectivity index (χ2v) is 7.16. The standard InChI is InChI=1S/C20H23N3O4.C2H6/c1-21-14(11-24)10-22-19(25)16-9-13-8-12-4-2-6-23-7-3-5-15(17(12)23)18(13)27-20(16)26;1-2/h8-9,11,14,21H,2-7,10H2,1H3,(H,22,25);1-2H3. The fourth-order valence-electron chi connectivity index (χ4n) is 4.12. The number of hydrogen-bond acceptors (Lipinski definition) is 6. The average Bonchev–Trinajstić information content (AvgIpc) is 2.76. The Morgan fingerprint density at radius 3 is 2.66 bits per heavy atom.